The van der Waals surface area contributed by atoms with E-state index in [4.69, 9.17) is 0 Å². The van der Waals surface area contributed by atoms with Crippen molar-refractivity contribution in [3.8, 4) is 0 Å². The van der Waals surface area contributed by atoms with E-state index in [2.05, 4.69) is 5.43 Å². The van der Waals surface area contributed by atoms with Gasteiger partial charge in [-0.1, -0.05) is 36.4 Å². The zero-order valence-corrected chi connectivity index (χ0v) is 9.08. The third kappa shape index (κ3) is 2.83. The van der Waals surface area contributed by atoms with Gasteiger partial charge in [0, 0.05) is 5.56 Å². The van der Waals surface area contributed by atoms with Gasteiger partial charge >= 0.3 is 0 Å². The van der Waals surface area contributed by atoms with Gasteiger partial charge in [0.2, 0.25) is 0 Å². The molecule has 0 aliphatic heterocycles. The number of carbonyl (C=O) groups is 1. The Balaban J connectivity index is 2.05. The molecule has 2 aromatic carbocycles. The minimum atomic E-state index is -0.364. The maximum atomic E-state index is 11.7. The van der Waals surface area contributed by atoms with Crippen LogP contribution in [-0.4, -0.2) is 11.1 Å². The van der Waals surface area contributed by atoms with Crippen LogP contribution in [0, 0.1) is 0 Å². The van der Waals surface area contributed by atoms with Crippen LogP contribution >= 0.6 is 0 Å². The molecule has 1 amide bonds. The van der Waals surface area contributed by atoms with Crippen molar-refractivity contribution in [1.82, 2.24) is 5.43 Å². The number of hydrogen-bond donors (Lipinski definition) is 2. The van der Waals surface area contributed by atoms with Crippen LogP contribution in [-0.2, 0) is 0 Å². The fourth-order valence-corrected chi connectivity index (χ4v) is 1.38. The van der Waals surface area contributed by atoms with Crippen LogP contribution in [0.5, 0.6) is 0 Å². The average molecular weight is 228 g/mol. The summed E-state index contributed by atoms with van der Waals surface area (Å²) < 4.78 is 0. The number of rotatable bonds is 3. The van der Waals surface area contributed by atoms with Crippen molar-refractivity contribution < 1.29 is 10.0 Å². The summed E-state index contributed by atoms with van der Waals surface area (Å²) in [6, 6.07) is 17.4. The minimum Gasteiger partial charge on any atom is -0.269 e. The van der Waals surface area contributed by atoms with Gasteiger partial charge in [0.1, 0.15) is 0 Å². The average Bonchev–Trinajstić information content (AvgIpc) is 2.40. The second kappa shape index (κ2) is 5.14. The molecule has 2 aromatic rings. The summed E-state index contributed by atoms with van der Waals surface area (Å²) in [6.45, 7) is 0. The predicted molar refractivity (Wildman–Crippen MR) is 64.6 cm³/mol. The molecule has 0 radical (unpaired) electrons. The van der Waals surface area contributed by atoms with Gasteiger partial charge in [0.15, 0.2) is 0 Å². The standard InChI is InChI=1S/C13H12N2O2/c16-13(11-7-3-1-4-8-11)14-15(17)12-9-5-2-6-10-12/h1-10,17H,(H,14,16). The lowest BCUT2D eigenvalue weighted by Crippen LogP contribution is -2.39. The third-order valence-corrected chi connectivity index (χ3v) is 2.24. The van der Waals surface area contributed by atoms with Crippen LogP contribution in [0.15, 0.2) is 60.7 Å². The Morgan fingerprint density at radius 3 is 2.06 bits per heavy atom. The third-order valence-electron chi connectivity index (χ3n) is 2.24. The highest BCUT2D eigenvalue weighted by molar-refractivity contribution is 5.94. The Kier molecular flexibility index (Phi) is 3.37. The first-order chi connectivity index (χ1) is 8.27. The number of hydrazine groups is 1. The molecule has 0 atom stereocenters. The quantitative estimate of drug-likeness (QED) is 0.792. The van der Waals surface area contributed by atoms with Crippen LogP contribution in [0.2, 0.25) is 0 Å². The number of benzene rings is 2. The number of carbonyl (C=O) groups excluding carboxylic acids is 1. The van der Waals surface area contributed by atoms with Crippen molar-refractivity contribution in [2.24, 2.45) is 0 Å². The Morgan fingerprint density at radius 2 is 1.47 bits per heavy atom. The molecule has 0 saturated heterocycles. The van der Waals surface area contributed by atoms with Crippen LogP contribution in [0.1, 0.15) is 10.4 Å². The van der Waals surface area contributed by atoms with Crippen LogP contribution < -0.4 is 10.6 Å². The summed E-state index contributed by atoms with van der Waals surface area (Å²) in [5.41, 5.74) is 3.35. The largest absolute Gasteiger partial charge is 0.271 e. The molecule has 0 unspecified atom stereocenters. The number of nitrogens with zero attached hydrogens (tertiary/aromatic N) is 1. The fraction of sp³-hybridized carbons (Fsp3) is 0. The SMILES string of the molecule is O=C(NN(O)c1ccccc1)c1ccccc1. The lowest BCUT2D eigenvalue weighted by Gasteiger charge is -2.17. The first-order valence-corrected chi connectivity index (χ1v) is 5.17. The van der Waals surface area contributed by atoms with Crippen molar-refractivity contribution in [3.05, 3.63) is 66.2 Å². The molecular formula is C13H12N2O2. The van der Waals surface area contributed by atoms with Crippen molar-refractivity contribution in [2.75, 3.05) is 5.17 Å². The van der Waals surface area contributed by atoms with E-state index in [0.29, 0.717) is 16.4 Å². The van der Waals surface area contributed by atoms with Gasteiger partial charge in [0.05, 0.1) is 5.69 Å². The molecule has 0 saturated carbocycles. The van der Waals surface area contributed by atoms with Gasteiger partial charge in [-0.15, -0.1) is 0 Å². The molecule has 2 rings (SSSR count). The number of hydrogen-bond acceptors (Lipinski definition) is 3. The molecule has 2 N–H and O–H groups in total. The van der Waals surface area contributed by atoms with Gasteiger partial charge in [-0.2, -0.15) is 5.17 Å². The molecule has 17 heavy (non-hydrogen) atoms. The van der Waals surface area contributed by atoms with E-state index in [9.17, 15) is 10.0 Å². The van der Waals surface area contributed by atoms with Crippen LogP contribution in [0.25, 0.3) is 0 Å². The van der Waals surface area contributed by atoms with Crippen molar-refractivity contribution >= 4 is 11.6 Å². The van der Waals surface area contributed by atoms with Gasteiger partial charge < -0.3 is 0 Å². The van der Waals surface area contributed by atoms with E-state index in [1.54, 1.807) is 48.5 Å². The van der Waals surface area contributed by atoms with E-state index < -0.39 is 0 Å². The highest BCUT2D eigenvalue weighted by Crippen LogP contribution is 2.08. The highest BCUT2D eigenvalue weighted by Gasteiger charge is 2.08. The maximum Gasteiger partial charge on any atom is 0.271 e. The molecule has 0 aliphatic rings. The second-order valence-electron chi connectivity index (χ2n) is 3.45. The summed E-state index contributed by atoms with van der Waals surface area (Å²) in [7, 11) is 0. The molecule has 4 nitrogen and oxygen atoms in total. The Bertz CT molecular complexity index is 485. The molecular weight excluding hydrogens is 216 g/mol. The van der Waals surface area contributed by atoms with Crippen LogP contribution in [0.4, 0.5) is 5.69 Å². The number of para-hydroxylation sites is 1. The van der Waals surface area contributed by atoms with E-state index in [1.807, 2.05) is 12.1 Å². The van der Waals surface area contributed by atoms with Crippen molar-refractivity contribution in [2.45, 2.75) is 0 Å². The molecule has 0 aromatic heterocycles. The second-order valence-corrected chi connectivity index (χ2v) is 3.45. The zero-order chi connectivity index (χ0) is 12.1. The first-order valence-electron chi connectivity index (χ1n) is 5.17. The summed E-state index contributed by atoms with van der Waals surface area (Å²) in [5.74, 6) is -0.364. The summed E-state index contributed by atoms with van der Waals surface area (Å²) in [6.07, 6.45) is 0. The predicted octanol–water partition coefficient (Wildman–Crippen LogP) is 2.23. The molecule has 4 heteroatoms. The molecule has 0 fully saturated rings. The number of nitrogens with one attached hydrogen (secondary N) is 1. The van der Waals surface area contributed by atoms with Crippen LogP contribution in [0.3, 0.4) is 0 Å². The minimum absolute atomic E-state index is 0.364. The molecule has 0 heterocycles. The lowest BCUT2D eigenvalue weighted by atomic mass is 10.2. The molecule has 0 aliphatic carbocycles. The molecule has 0 spiro atoms. The van der Waals surface area contributed by atoms with E-state index >= 15 is 0 Å². The van der Waals surface area contributed by atoms with E-state index in [0.717, 1.165) is 0 Å². The maximum absolute atomic E-state index is 11.7. The normalized spacial score (nSPS) is 9.71. The van der Waals surface area contributed by atoms with Gasteiger partial charge in [-0.3, -0.25) is 10.0 Å². The van der Waals surface area contributed by atoms with Gasteiger partial charge in [0.25, 0.3) is 5.91 Å². The van der Waals surface area contributed by atoms with E-state index in [-0.39, 0.29) is 5.91 Å². The summed E-state index contributed by atoms with van der Waals surface area (Å²) >= 11 is 0. The Hall–Kier alpha value is -2.33. The van der Waals surface area contributed by atoms with E-state index in [1.165, 1.54) is 0 Å². The fourth-order valence-electron chi connectivity index (χ4n) is 1.38. The molecule has 0 bridgehead atoms. The summed E-state index contributed by atoms with van der Waals surface area (Å²) in [4.78, 5) is 11.7. The van der Waals surface area contributed by atoms with Gasteiger partial charge in [-0.25, -0.2) is 5.43 Å². The molecule has 86 valence electrons. The smallest absolute Gasteiger partial charge is 0.269 e. The summed E-state index contributed by atoms with van der Waals surface area (Å²) in [5, 5.41) is 10.4. The number of anilines is 1. The van der Waals surface area contributed by atoms with Crippen molar-refractivity contribution in [1.29, 1.82) is 0 Å². The highest BCUT2D eigenvalue weighted by atomic mass is 16.5. The Labute approximate surface area is 99.0 Å². The number of amides is 1. The van der Waals surface area contributed by atoms with Gasteiger partial charge in [-0.05, 0) is 24.3 Å². The monoisotopic (exact) mass is 228 g/mol. The lowest BCUT2D eigenvalue weighted by molar-refractivity contribution is 0.0880. The van der Waals surface area contributed by atoms with Crippen molar-refractivity contribution in [3.63, 3.8) is 0 Å². The first kappa shape index (κ1) is 11.2. The topological polar surface area (TPSA) is 52.6 Å². The Morgan fingerprint density at radius 1 is 0.941 bits per heavy atom. The zero-order valence-electron chi connectivity index (χ0n) is 9.08.